The Balaban J connectivity index is 2.88. The van der Waals surface area contributed by atoms with E-state index >= 15 is 0 Å². The summed E-state index contributed by atoms with van der Waals surface area (Å²) in [7, 11) is 2.48. The average molecular weight is 379 g/mol. The maximum Gasteiger partial charge on any atom is 0.338 e. The highest BCUT2D eigenvalue weighted by Crippen LogP contribution is 2.36. The summed E-state index contributed by atoms with van der Waals surface area (Å²) in [6.07, 6.45) is 0. The molecule has 23 heavy (non-hydrogen) atoms. The molecule has 120 valence electrons. The highest BCUT2D eigenvalue weighted by atomic mass is 79.9. The summed E-state index contributed by atoms with van der Waals surface area (Å²) >= 11 is 3.34. The lowest BCUT2D eigenvalue weighted by molar-refractivity contribution is 0.0599. The number of esters is 2. The second kappa shape index (κ2) is 6.83. The second-order valence-electron chi connectivity index (χ2n) is 4.81. The molecule has 0 amide bonds. The van der Waals surface area contributed by atoms with Crippen LogP contribution < -0.4 is 0 Å². The molecule has 6 heteroatoms. The fourth-order valence-corrected chi connectivity index (χ4v) is 2.58. The first-order chi connectivity index (χ1) is 10.9. The first-order valence-electron chi connectivity index (χ1n) is 6.69. The molecule has 0 bridgehead atoms. The van der Waals surface area contributed by atoms with Crippen LogP contribution >= 0.6 is 15.9 Å². The molecule has 0 fully saturated rings. The van der Waals surface area contributed by atoms with E-state index in [4.69, 9.17) is 9.47 Å². The lowest BCUT2D eigenvalue weighted by Gasteiger charge is -2.16. The van der Waals surface area contributed by atoms with E-state index in [9.17, 15) is 14.7 Å². The molecule has 1 N–H and O–H groups in total. The summed E-state index contributed by atoms with van der Waals surface area (Å²) in [5.74, 6) is -1.46. The van der Waals surface area contributed by atoms with Crippen LogP contribution in [0.4, 0.5) is 0 Å². The molecular weight excluding hydrogens is 364 g/mol. The van der Waals surface area contributed by atoms with Crippen LogP contribution in [-0.2, 0) is 9.47 Å². The molecule has 0 atom stereocenters. The van der Waals surface area contributed by atoms with Crippen LogP contribution in [0.2, 0.25) is 0 Å². The van der Waals surface area contributed by atoms with Crippen molar-refractivity contribution in [2.24, 2.45) is 0 Å². The Bertz CT molecular complexity index is 766. The third-order valence-electron chi connectivity index (χ3n) is 3.49. The van der Waals surface area contributed by atoms with Crippen LogP contribution in [0.25, 0.3) is 11.1 Å². The predicted octanol–water partition coefficient (Wildman–Crippen LogP) is 3.70. The topological polar surface area (TPSA) is 72.8 Å². The molecule has 2 aromatic carbocycles. The molecule has 5 nitrogen and oxygen atoms in total. The van der Waals surface area contributed by atoms with Crippen molar-refractivity contribution in [3.8, 4) is 16.9 Å². The molecule has 0 aliphatic rings. The SMILES string of the molecule is COC(=O)c1cc(O)c(C)c(C(=O)OC)c1-c1ccc(Br)cc1. The number of benzene rings is 2. The van der Waals surface area contributed by atoms with Gasteiger partial charge in [0.05, 0.1) is 25.3 Å². The lowest BCUT2D eigenvalue weighted by atomic mass is 9.90. The van der Waals surface area contributed by atoms with Crippen LogP contribution in [0.15, 0.2) is 34.8 Å². The summed E-state index contributed by atoms with van der Waals surface area (Å²) in [5.41, 5.74) is 1.57. The molecule has 0 unspecified atom stereocenters. The van der Waals surface area contributed by atoms with Gasteiger partial charge in [0, 0.05) is 15.6 Å². The van der Waals surface area contributed by atoms with Crippen LogP contribution in [0.1, 0.15) is 26.3 Å². The largest absolute Gasteiger partial charge is 0.508 e. The third kappa shape index (κ3) is 3.22. The Hall–Kier alpha value is -2.34. The van der Waals surface area contributed by atoms with E-state index < -0.39 is 11.9 Å². The van der Waals surface area contributed by atoms with Crippen LogP contribution in [0.5, 0.6) is 5.75 Å². The zero-order chi connectivity index (χ0) is 17.1. The number of carbonyl (C=O) groups is 2. The summed E-state index contributed by atoms with van der Waals surface area (Å²) in [5, 5.41) is 10.1. The van der Waals surface area contributed by atoms with Crippen LogP contribution in [0, 0.1) is 6.92 Å². The van der Waals surface area contributed by atoms with E-state index in [2.05, 4.69) is 15.9 Å². The number of methoxy groups -OCH3 is 2. The van der Waals surface area contributed by atoms with Gasteiger partial charge in [-0.2, -0.15) is 0 Å². The second-order valence-corrected chi connectivity index (χ2v) is 5.72. The number of hydrogen-bond acceptors (Lipinski definition) is 5. The smallest absolute Gasteiger partial charge is 0.338 e. The minimum absolute atomic E-state index is 0.0957. The minimum atomic E-state index is -0.650. The number of carbonyl (C=O) groups excluding carboxylic acids is 2. The molecule has 0 spiro atoms. The number of rotatable bonds is 3. The standard InChI is InChI=1S/C17H15BrO5/c1-9-13(19)8-12(16(20)22-2)15(14(9)17(21)23-3)10-4-6-11(18)7-5-10/h4-8,19H,1-3H3. The van der Waals surface area contributed by atoms with Gasteiger partial charge in [0.25, 0.3) is 0 Å². The molecule has 0 radical (unpaired) electrons. The lowest BCUT2D eigenvalue weighted by Crippen LogP contribution is -2.12. The Kier molecular flexibility index (Phi) is 5.05. The van der Waals surface area contributed by atoms with E-state index in [-0.39, 0.29) is 16.9 Å². The van der Waals surface area contributed by atoms with Gasteiger partial charge in [0.2, 0.25) is 0 Å². The maximum atomic E-state index is 12.2. The number of hydrogen-bond donors (Lipinski definition) is 1. The van der Waals surface area contributed by atoms with Crippen molar-refractivity contribution in [2.75, 3.05) is 14.2 Å². The number of aromatic hydroxyl groups is 1. The Morgan fingerprint density at radius 3 is 2.13 bits per heavy atom. The number of ether oxygens (including phenoxy) is 2. The van der Waals surface area contributed by atoms with E-state index in [1.165, 1.54) is 20.3 Å². The van der Waals surface area contributed by atoms with E-state index in [0.717, 1.165) is 4.47 Å². The van der Waals surface area contributed by atoms with Gasteiger partial charge in [-0.15, -0.1) is 0 Å². The van der Waals surface area contributed by atoms with Gasteiger partial charge < -0.3 is 14.6 Å². The van der Waals surface area contributed by atoms with Crippen molar-refractivity contribution in [2.45, 2.75) is 6.92 Å². The summed E-state index contributed by atoms with van der Waals surface area (Å²) < 4.78 is 10.4. The van der Waals surface area contributed by atoms with Crippen molar-refractivity contribution in [1.29, 1.82) is 0 Å². The fraction of sp³-hybridized carbons (Fsp3) is 0.176. The highest BCUT2D eigenvalue weighted by molar-refractivity contribution is 9.10. The quantitative estimate of drug-likeness (QED) is 0.824. The van der Waals surface area contributed by atoms with E-state index in [1.54, 1.807) is 31.2 Å². The predicted molar refractivity (Wildman–Crippen MR) is 88.7 cm³/mol. The first kappa shape index (κ1) is 17.0. The number of phenolic OH excluding ortho intramolecular Hbond substituents is 1. The molecule has 0 aromatic heterocycles. The van der Waals surface area contributed by atoms with Crippen molar-refractivity contribution in [3.05, 3.63) is 51.5 Å². The van der Waals surface area contributed by atoms with Crippen LogP contribution in [-0.4, -0.2) is 31.3 Å². The average Bonchev–Trinajstić information content (AvgIpc) is 2.56. The van der Waals surface area contributed by atoms with E-state index in [1.807, 2.05) is 0 Å². The number of halogens is 1. The van der Waals surface area contributed by atoms with Gasteiger partial charge >= 0.3 is 11.9 Å². The van der Waals surface area contributed by atoms with Crippen molar-refractivity contribution in [3.63, 3.8) is 0 Å². The van der Waals surface area contributed by atoms with Crippen molar-refractivity contribution < 1.29 is 24.2 Å². The minimum Gasteiger partial charge on any atom is -0.508 e. The zero-order valence-corrected chi connectivity index (χ0v) is 14.4. The molecule has 2 aromatic rings. The summed E-state index contributed by atoms with van der Waals surface area (Å²) in [6, 6.07) is 8.40. The first-order valence-corrected chi connectivity index (χ1v) is 7.49. The van der Waals surface area contributed by atoms with Gasteiger partial charge in [0.15, 0.2) is 0 Å². The zero-order valence-electron chi connectivity index (χ0n) is 12.8. The monoisotopic (exact) mass is 378 g/mol. The van der Waals surface area contributed by atoms with Gasteiger partial charge in [-0.05, 0) is 30.7 Å². The normalized spacial score (nSPS) is 10.3. The van der Waals surface area contributed by atoms with Crippen LogP contribution in [0.3, 0.4) is 0 Å². The molecule has 0 saturated heterocycles. The van der Waals surface area contributed by atoms with Gasteiger partial charge in [-0.3, -0.25) is 0 Å². The highest BCUT2D eigenvalue weighted by Gasteiger charge is 2.26. The molecule has 0 aliphatic heterocycles. The molecule has 2 rings (SSSR count). The molecule has 0 aliphatic carbocycles. The maximum absolute atomic E-state index is 12.2. The summed E-state index contributed by atoms with van der Waals surface area (Å²) in [4.78, 5) is 24.3. The Morgan fingerprint density at radius 2 is 1.61 bits per heavy atom. The van der Waals surface area contributed by atoms with Gasteiger partial charge in [0.1, 0.15) is 5.75 Å². The van der Waals surface area contributed by atoms with Crippen molar-refractivity contribution in [1.82, 2.24) is 0 Å². The molecule has 0 saturated carbocycles. The fourth-order valence-electron chi connectivity index (χ4n) is 2.31. The third-order valence-corrected chi connectivity index (χ3v) is 4.02. The Morgan fingerprint density at radius 1 is 1.04 bits per heavy atom. The van der Waals surface area contributed by atoms with Gasteiger partial charge in [-0.1, -0.05) is 28.1 Å². The Labute approximate surface area is 142 Å². The van der Waals surface area contributed by atoms with E-state index in [0.29, 0.717) is 16.7 Å². The molecular formula is C17H15BrO5. The van der Waals surface area contributed by atoms with Gasteiger partial charge in [-0.25, -0.2) is 9.59 Å². The van der Waals surface area contributed by atoms with Crippen molar-refractivity contribution >= 4 is 27.9 Å². The summed E-state index contributed by atoms with van der Waals surface area (Å²) in [6.45, 7) is 1.59. The molecule has 0 heterocycles. The number of phenols is 1.